The van der Waals surface area contributed by atoms with Crippen molar-refractivity contribution in [1.29, 1.82) is 0 Å². The minimum Gasteiger partial charge on any atom is -0.444 e. The molecule has 2 atom stereocenters. The van der Waals surface area contributed by atoms with Gasteiger partial charge in [-0.3, -0.25) is 14.9 Å². The zero-order valence-corrected chi connectivity index (χ0v) is 19.7. The Kier molecular flexibility index (Phi) is 7.68. The van der Waals surface area contributed by atoms with Crippen LogP contribution in [0.15, 0.2) is 0 Å². The van der Waals surface area contributed by atoms with Gasteiger partial charge in [0.25, 0.3) is 0 Å². The highest BCUT2D eigenvalue weighted by Gasteiger charge is 2.44. The van der Waals surface area contributed by atoms with Gasteiger partial charge in [0.1, 0.15) is 11.6 Å². The molecule has 0 radical (unpaired) electrons. The Morgan fingerprint density at radius 2 is 1.77 bits per heavy atom. The Hall–Kier alpha value is -1.52. The fraction of sp³-hybridized carbons (Fsp3) is 0.850. The molecular formula is C20H36N4O5S. The van der Waals surface area contributed by atoms with Gasteiger partial charge in [0, 0.05) is 18.8 Å². The van der Waals surface area contributed by atoms with Crippen molar-refractivity contribution in [3.05, 3.63) is 0 Å². The van der Waals surface area contributed by atoms with Crippen molar-refractivity contribution in [2.75, 3.05) is 25.4 Å². The highest BCUT2D eigenvalue weighted by molar-refractivity contribution is 8.01. The molecule has 0 bridgehead atoms. The first-order chi connectivity index (χ1) is 13.7. The number of alkyl carbamates (subject to hydrolysis) is 1. The number of rotatable bonds is 5. The summed E-state index contributed by atoms with van der Waals surface area (Å²) in [6.45, 7) is 12.1. The predicted molar refractivity (Wildman–Crippen MR) is 116 cm³/mol. The molecule has 2 aliphatic heterocycles. The lowest BCUT2D eigenvalue weighted by atomic mass is 10.0. The van der Waals surface area contributed by atoms with Gasteiger partial charge in [-0.15, -0.1) is 11.8 Å². The number of primary amides is 1. The fourth-order valence-corrected chi connectivity index (χ4v) is 4.78. The van der Waals surface area contributed by atoms with Crippen LogP contribution in [0.25, 0.3) is 0 Å². The van der Waals surface area contributed by atoms with Gasteiger partial charge >= 0.3 is 6.09 Å². The Labute approximate surface area is 183 Å². The van der Waals surface area contributed by atoms with Crippen LogP contribution in [0.5, 0.6) is 0 Å². The van der Waals surface area contributed by atoms with Crippen LogP contribution in [0, 0.1) is 0 Å². The largest absolute Gasteiger partial charge is 0.444 e. The lowest BCUT2D eigenvalue weighted by molar-refractivity contribution is -0.138. The Morgan fingerprint density at radius 1 is 1.17 bits per heavy atom. The number of nitrogens with one attached hydrogen (secondary N) is 2. The molecule has 30 heavy (non-hydrogen) atoms. The number of likely N-dealkylation sites (tertiary alicyclic amines) is 1. The van der Waals surface area contributed by atoms with E-state index >= 15 is 0 Å². The van der Waals surface area contributed by atoms with Gasteiger partial charge < -0.3 is 25.4 Å². The molecule has 3 amide bonds. The summed E-state index contributed by atoms with van der Waals surface area (Å²) in [5.74, 6) is 0.0964. The quantitative estimate of drug-likeness (QED) is 0.582. The van der Waals surface area contributed by atoms with Gasteiger partial charge in [-0.25, -0.2) is 4.79 Å². The van der Waals surface area contributed by atoms with Crippen molar-refractivity contribution >= 4 is 29.7 Å². The van der Waals surface area contributed by atoms with E-state index in [1.165, 1.54) is 0 Å². The van der Waals surface area contributed by atoms with Crippen molar-refractivity contribution in [1.82, 2.24) is 15.5 Å². The molecule has 2 saturated heterocycles. The molecule has 9 nitrogen and oxygen atoms in total. The summed E-state index contributed by atoms with van der Waals surface area (Å²) in [6.07, 6.45) is 0.753. The topological polar surface area (TPSA) is 123 Å². The van der Waals surface area contributed by atoms with Crippen molar-refractivity contribution < 1.29 is 23.9 Å². The van der Waals surface area contributed by atoms with Crippen molar-refractivity contribution in [2.24, 2.45) is 5.73 Å². The van der Waals surface area contributed by atoms with Crippen molar-refractivity contribution in [3.63, 3.8) is 0 Å². The fourth-order valence-electron chi connectivity index (χ4n) is 3.35. The molecule has 2 heterocycles. The van der Waals surface area contributed by atoms with E-state index in [1.54, 1.807) is 37.4 Å². The monoisotopic (exact) mass is 444 g/mol. The standard InChI is InChI=1S/C20H36N4O5S/c1-18(2,3)28-11-13(22-17(27)29-19(4,5)6)16(26)24-9-7-20(8-10-24)23-14(12-30-20)15(21)25/h13-14,23H,7-12H2,1-6H3,(H2,21,25)(H,22,27)/t13-,14-/m0/s1. The SMILES string of the molecule is CC(C)(C)OC[C@H](NC(=O)OC(C)(C)C)C(=O)N1CCC2(CC1)N[C@H](C(N)=O)CS2. The maximum atomic E-state index is 13.2. The highest BCUT2D eigenvalue weighted by atomic mass is 32.2. The van der Waals surface area contributed by atoms with Crippen molar-refractivity contribution in [3.8, 4) is 0 Å². The lowest BCUT2D eigenvalue weighted by Gasteiger charge is -2.40. The average molecular weight is 445 g/mol. The number of ether oxygens (including phenoxy) is 2. The maximum Gasteiger partial charge on any atom is 0.408 e. The van der Waals surface area contributed by atoms with Crippen LogP contribution < -0.4 is 16.4 Å². The molecule has 172 valence electrons. The smallest absolute Gasteiger partial charge is 0.408 e. The molecular weight excluding hydrogens is 408 g/mol. The van der Waals surface area contributed by atoms with Crippen LogP contribution in [-0.2, 0) is 19.1 Å². The van der Waals surface area contributed by atoms with Gasteiger partial charge in [-0.2, -0.15) is 0 Å². The zero-order chi connectivity index (χ0) is 22.7. The molecule has 0 saturated carbocycles. The van der Waals surface area contributed by atoms with Crippen LogP contribution in [0.3, 0.4) is 0 Å². The minimum absolute atomic E-state index is 0.0555. The van der Waals surface area contributed by atoms with E-state index in [-0.39, 0.29) is 29.3 Å². The third-order valence-electron chi connectivity index (χ3n) is 4.86. The van der Waals surface area contributed by atoms with Gasteiger partial charge in [-0.1, -0.05) is 0 Å². The Balaban J connectivity index is 1.99. The highest BCUT2D eigenvalue weighted by Crippen LogP contribution is 2.39. The number of nitrogens with zero attached hydrogens (tertiary/aromatic N) is 1. The molecule has 2 aliphatic rings. The van der Waals surface area contributed by atoms with Crippen LogP contribution in [0.1, 0.15) is 54.4 Å². The molecule has 0 aromatic heterocycles. The van der Waals surface area contributed by atoms with Crippen LogP contribution >= 0.6 is 11.8 Å². The second-order valence-corrected chi connectivity index (χ2v) is 11.3. The van der Waals surface area contributed by atoms with Gasteiger partial charge in [0.2, 0.25) is 11.8 Å². The van der Waals surface area contributed by atoms with E-state index in [4.69, 9.17) is 15.2 Å². The first-order valence-electron chi connectivity index (χ1n) is 10.3. The number of nitrogens with two attached hydrogens (primary N) is 1. The number of amides is 3. The molecule has 0 aliphatic carbocycles. The van der Waals surface area contributed by atoms with Crippen LogP contribution in [-0.4, -0.2) is 76.4 Å². The Bertz CT molecular complexity index is 651. The number of carbonyl (C=O) groups excluding carboxylic acids is 3. The Morgan fingerprint density at radius 3 is 2.23 bits per heavy atom. The van der Waals surface area contributed by atoms with Gasteiger partial charge in [0.15, 0.2) is 0 Å². The average Bonchev–Trinajstić information content (AvgIpc) is 3.00. The first kappa shape index (κ1) is 24.7. The summed E-state index contributed by atoms with van der Waals surface area (Å²) in [7, 11) is 0. The number of thioether (sulfide) groups is 1. The number of hydrogen-bond acceptors (Lipinski definition) is 7. The van der Waals surface area contributed by atoms with Crippen LogP contribution in [0.4, 0.5) is 4.79 Å². The minimum atomic E-state index is -0.837. The molecule has 1 spiro atoms. The van der Waals surface area contributed by atoms with Gasteiger partial charge in [-0.05, 0) is 54.4 Å². The van der Waals surface area contributed by atoms with E-state index in [1.807, 2.05) is 20.8 Å². The van der Waals surface area contributed by atoms with E-state index < -0.39 is 23.3 Å². The number of carbonyl (C=O) groups is 3. The molecule has 2 fully saturated rings. The van der Waals surface area contributed by atoms with Crippen LogP contribution in [0.2, 0.25) is 0 Å². The summed E-state index contributed by atoms with van der Waals surface area (Å²) in [5.41, 5.74) is 4.30. The third kappa shape index (κ3) is 7.31. The second-order valence-electron chi connectivity index (χ2n) is 9.85. The summed E-state index contributed by atoms with van der Waals surface area (Å²) in [5, 5.41) is 6.00. The van der Waals surface area contributed by atoms with Crippen molar-refractivity contribution in [2.45, 2.75) is 82.5 Å². The summed E-state index contributed by atoms with van der Waals surface area (Å²) < 4.78 is 11.1. The lowest BCUT2D eigenvalue weighted by Crippen LogP contribution is -2.58. The van der Waals surface area contributed by atoms with E-state index in [0.29, 0.717) is 31.7 Å². The third-order valence-corrected chi connectivity index (χ3v) is 6.44. The number of piperidine rings is 1. The number of hydrogen-bond donors (Lipinski definition) is 3. The summed E-state index contributed by atoms with van der Waals surface area (Å²) >= 11 is 1.69. The maximum absolute atomic E-state index is 13.2. The molecule has 4 N–H and O–H groups in total. The van der Waals surface area contributed by atoms with E-state index in [9.17, 15) is 14.4 Å². The first-order valence-corrected chi connectivity index (χ1v) is 11.3. The molecule has 0 unspecified atom stereocenters. The molecule has 10 heteroatoms. The normalized spacial score (nSPS) is 22.6. The predicted octanol–water partition coefficient (Wildman–Crippen LogP) is 1.20. The molecule has 0 aromatic carbocycles. The van der Waals surface area contributed by atoms with E-state index in [2.05, 4.69) is 10.6 Å². The van der Waals surface area contributed by atoms with E-state index in [0.717, 1.165) is 0 Å². The van der Waals surface area contributed by atoms with Gasteiger partial charge in [0.05, 0.1) is 23.1 Å². The second kappa shape index (κ2) is 9.32. The summed E-state index contributed by atoms with van der Waals surface area (Å²) in [4.78, 5) is 38.4. The summed E-state index contributed by atoms with van der Waals surface area (Å²) in [6, 6.07) is -1.17. The molecule has 2 rings (SSSR count). The zero-order valence-electron chi connectivity index (χ0n) is 18.9. The molecule has 0 aromatic rings.